The first-order valence-electron chi connectivity index (χ1n) is 5.83. The Morgan fingerprint density at radius 3 is 2.41 bits per heavy atom. The van der Waals surface area contributed by atoms with Crippen LogP contribution >= 0.6 is 0 Å². The SMILES string of the molecule is CCNCc1cnc(N2CC(O)C(O)C2)nc1. The second kappa shape index (κ2) is 5.39. The number of hydrogen-bond acceptors (Lipinski definition) is 6. The summed E-state index contributed by atoms with van der Waals surface area (Å²) in [5, 5.41) is 22.1. The van der Waals surface area contributed by atoms with Crippen molar-refractivity contribution in [3.05, 3.63) is 18.0 Å². The Morgan fingerprint density at radius 2 is 1.88 bits per heavy atom. The third-order valence-electron chi connectivity index (χ3n) is 2.81. The molecule has 0 saturated carbocycles. The molecule has 1 aromatic heterocycles. The van der Waals surface area contributed by atoms with Crippen LogP contribution in [0.1, 0.15) is 12.5 Å². The first-order valence-corrected chi connectivity index (χ1v) is 5.83. The molecular formula is C11H18N4O2. The number of β-amino-alcohol motifs (C(OH)–C–C–N with tert-alkyl or cyclic N) is 2. The van der Waals surface area contributed by atoms with Crippen LogP contribution in [0.25, 0.3) is 0 Å². The fraction of sp³-hybridized carbons (Fsp3) is 0.636. The Morgan fingerprint density at radius 1 is 1.29 bits per heavy atom. The monoisotopic (exact) mass is 238 g/mol. The number of nitrogens with one attached hydrogen (secondary N) is 1. The molecule has 0 spiro atoms. The van der Waals surface area contributed by atoms with Crippen molar-refractivity contribution in [3.8, 4) is 0 Å². The normalized spacial score (nSPS) is 24.3. The molecule has 0 aromatic carbocycles. The predicted octanol–water partition coefficient (Wildman–Crippen LogP) is -0.872. The predicted molar refractivity (Wildman–Crippen MR) is 63.6 cm³/mol. The van der Waals surface area contributed by atoms with Gasteiger partial charge < -0.3 is 20.4 Å². The van der Waals surface area contributed by atoms with Gasteiger partial charge in [0.2, 0.25) is 5.95 Å². The van der Waals surface area contributed by atoms with Gasteiger partial charge in [-0.3, -0.25) is 0 Å². The highest BCUT2D eigenvalue weighted by Crippen LogP contribution is 2.16. The molecule has 1 aliphatic heterocycles. The smallest absolute Gasteiger partial charge is 0.225 e. The highest BCUT2D eigenvalue weighted by molar-refractivity contribution is 5.33. The first kappa shape index (κ1) is 12.2. The molecule has 1 saturated heterocycles. The number of aliphatic hydroxyl groups is 2. The molecule has 2 heterocycles. The fourth-order valence-electron chi connectivity index (χ4n) is 1.80. The minimum atomic E-state index is -0.708. The summed E-state index contributed by atoms with van der Waals surface area (Å²) in [4.78, 5) is 10.3. The minimum Gasteiger partial charge on any atom is -0.388 e. The average Bonchev–Trinajstić information content (AvgIpc) is 2.68. The molecule has 2 rings (SSSR count). The van der Waals surface area contributed by atoms with Gasteiger partial charge in [0.1, 0.15) is 0 Å². The van der Waals surface area contributed by atoms with E-state index in [4.69, 9.17) is 0 Å². The molecule has 6 heteroatoms. The van der Waals surface area contributed by atoms with Gasteiger partial charge in [-0.25, -0.2) is 9.97 Å². The molecule has 1 aromatic rings. The van der Waals surface area contributed by atoms with E-state index in [1.165, 1.54) is 0 Å². The van der Waals surface area contributed by atoms with Crippen LogP contribution in [0.3, 0.4) is 0 Å². The van der Waals surface area contributed by atoms with E-state index in [1.807, 2.05) is 6.92 Å². The van der Waals surface area contributed by atoms with Gasteiger partial charge in [-0.1, -0.05) is 6.92 Å². The number of nitrogens with zero attached hydrogens (tertiary/aromatic N) is 3. The van der Waals surface area contributed by atoms with Crippen molar-refractivity contribution < 1.29 is 10.2 Å². The van der Waals surface area contributed by atoms with Gasteiger partial charge in [-0.2, -0.15) is 0 Å². The first-order chi connectivity index (χ1) is 8.20. The van der Waals surface area contributed by atoms with Gasteiger partial charge >= 0.3 is 0 Å². The molecule has 17 heavy (non-hydrogen) atoms. The summed E-state index contributed by atoms with van der Waals surface area (Å²) in [6, 6.07) is 0. The zero-order valence-corrected chi connectivity index (χ0v) is 9.87. The summed E-state index contributed by atoms with van der Waals surface area (Å²) in [7, 11) is 0. The highest BCUT2D eigenvalue weighted by atomic mass is 16.3. The van der Waals surface area contributed by atoms with Gasteiger partial charge in [0, 0.05) is 37.6 Å². The van der Waals surface area contributed by atoms with Crippen LogP contribution in [-0.4, -0.2) is 52.0 Å². The Hall–Kier alpha value is -1.24. The molecule has 2 atom stereocenters. The maximum Gasteiger partial charge on any atom is 0.225 e. The Labute approximate surface area is 100 Å². The van der Waals surface area contributed by atoms with Crippen molar-refractivity contribution in [3.63, 3.8) is 0 Å². The Bertz CT molecular complexity index is 347. The van der Waals surface area contributed by atoms with E-state index in [1.54, 1.807) is 17.3 Å². The highest BCUT2D eigenvalue weighted by Gasteiger charge is 2.30. The summed E-state index contributed by atoms with van der Waals surface area (Å²) in [6.07, 6.45) is 2.12. The van der Waals surface area contributed by atoms with Gasteiger partial charge in [-0.05, 0) is 6.54 Å². The number of rotatable bonds is 4. The van der Waals surface area contributed by atoms with Crippen LogP contribution in [0.15, 0.2) is 12.4 Å². The van der Waals surface area contributed by atoms with E-state index in [2.05, 4.69) is 15.3 Å². The zero-order valence-electron chi connectivity index (χ0n) is 9.87. The maximum atomic E-state index is 9.44. The lowest BCUT2D eigenvalue weighted by atomic mass is 10.3. The lowest BCUT2D eigenvalue weighted by molar-refractivity contribution is 0.0572. The van der Waals surface area contributed by atoms with Gasteiger partial charge in [0.25, 0.3) is 0 Å². The quantitative estimate of drug-likeness (QED) is 0.632. The summed E-state index contributed by atoms with van der Waals surface area (Å²) in [6.45, 7) is 4.47. The van der Waals surface area contributed by atoms with Gasteiger partial charge in [-0.15, -0.1) is 0 Å². The molecule has 3 N–H and O–H groups in total. The summed E-state index contributed by atoms with van der Waals surface area (Å²) in [5.74, 6) is 0.556. The third-order valence-corrected chi connectivity index (χ3v) is 2.81. The van der Waals surface area contributed by atoms with Crippen LogP contribution in [-0.2, 0) is 6.54 Å². The van der Waals surface area contributed by atoms with Crippen molar-refractivity contribution in [1.29, 1.82) is 0 Å². The third kappa shape index (κ3) is 2.91. The summed E-state index contributed by atoms with van der Waals surface area (Å²) in [5.41, 5.74) is 1.02. The average molecular weight is 238 g/mol. The van der Waals surface area contributed by atoms with E-state index >= 15 is 0 Å². The van der Waals surface area contributed by atoms with Crippen molar-refractivity contribution in [2.24, 2.45) is 0 Å². The Kier molecular flexibility index (Phi) is 3.88. The number of aliphatic hydroxyl groups excluding tert-OH is 2. The molecule has 1 aliphatic rings. The molecule has 0 aliphatic carbocycles. The Balaban J connectivity index is 1.98. The number of aromatic nitrogens is 2. The van der Waals surface area contributed by atoms with E-state index in [0.29, 0.717) is 19.0 Å². The van der Waals surface area contributed by atoms with E-state index < -0.39 is 12.2 Å². The van der Waals surface area contributed by atoms with Gasteiger partial charge in [0.15, 0.2) is 0 Å². The molecular weight excluding hydrogens is 220 g/mol. The van der Waals surface area contributed by atoms with E-state index in [-0.39, 0.29) is 0 Å². The van der Waals surface area contributed by atoms with E-state index in [0.717, 1.165) is 18.7 Å². The summed E-state index contributed by atoms with van der Waals surface area (Å²) < 4.78 is 0. The van der Waals surface area contributed by atoms with Crippen LogP contribution in [0, 0.1) is 0 Å². The molecule has 2 unspecified atom stereocenters. The molecule has 6 nitrogen and oxygen atoms in total. The molecule has 0 amide bonds. The number of hydrogen-bond donors (Lipinski definition) is 3. The van der Waals surface area contributed by atoms with Crippen LogP contribution in [0.2, 0.25) is 0 Å². The van der Waals surface area contributed by atoms with Crippen LogP contribution in [0.4, 0.5) is 5.95 Å². The molecule has 94 valence electrons. The lowest BCUT2D eigenvalue weighted by Gasteiger charge is -2.14. The second-order valence-corrected chi connectivity index (χ2v) is 4.21. The van der Waals surface area contributed by atoms with Crippen molar-refractivity contribution in [1.82, 2.24) is 15.3 Å². The fourth-order valence-corrected chi connectivity index (χ4v) is 1.80. The molecule has 0 radical (unpaired) electrons. The van der Waals surface area contributed by atoms with Gasteiger partial charge in [0.05, 0.1) is 12.2 Å². The van der Waals surface area contributed by atoms with Crippen molar-refractivity contribution in [2.75, 3.05) is 24.5 Å². The topological polar surface area (TPSA) is 81.5 Å². The number of anilines is 1. The lowest BCUT2D eigenvalue weighted by Crippen LogP contribution is -2.23. The second-order valence-electron chi connectivity index (χ2n) is 4.21. The minimum absolute atomic E-state index is 0.383. The van der Waals surface area contributed by atoms with Crippen molar-refractivity contribution in [2.45, 2.75) is 25.7 Å². The zero-order chi connectivity index (χ0) is 12.3. The van der Waals surface area contributed by atoms with Crippen LogP contribution < -0.4 is 10.2 Å². The maximum absolute atomic E-state index is 9.44. The standard InChI is InChI=1S/C11H18N4O2/c1-2-12-3-8-4-13-11(14-5-8)15-6-9(16)10(17)7-15/h4-5,9-10,12,16-17H,2-3,6-7H2,1H3. The van der Waals surface area contributed by atoms with Crippen LogP contribution in [0.5, 0.6) is 0 Å². The molecule has 0 bridgehead atoms. The van der Waals surface area contributed by atoms with E-state index in [9.17, 15) is 10.2 Å². The molecule has 1 fully saturated rings. The largest absolute Gasteiger partial charge is 0.388 e. The summed E-state index contributed by atoms with van der Waals surface area (Å²) >= 11 is 0. The van der Waals surface area contributed by atoms with Crippen molar-refractivity contribution >= 4 is 5.95 Å².